The van der Waals surface area contributed by atoms with Gasteiger partial charge in [-0.1, -0.05) is 36.2 Å². The number of nitrogens with one attached hydrogen (secondary N) is 2. The Bertz CT molecular complexity index is 622. The van der Waals surface area contributed by atoms with Crippen molar-refractivity contribution in [1.29, 1.82) is 0 Å². The molecule has 1 atom stereocenters. The van der Waals surface area contributed by atoms with E-state index in [2.05, 4.69) is 22.5 Å². The van der Waals surface area contributed by atoms with E-state index in [0.29, 0.717) is 23.0 Å². The second-order valence-corrected chi connectivity index (χ2v) is 7.34. The number of carbonyl (C=O) groups excluding carboxylic acids is 1. The molecule has 0 spiro atoms. The summed E-state index contributed by atoms with van der Waals surface area (Å²) in [5.41, 5.74) is 0.933. The summed E-state index contributed by atoms with van der Waals surface area (Å²) in [4.78, 5) is 18.2. The van der Waals surface area contributed by atoms with Gasteiger partial charge in [-0.05, 0) is 37.5 Å². The van der Waals surface area contributed by atoms with E-state index < -0.39 is 0 Å². The van der Waals surface area contributed by atoms with E-state index in [1.54, 1.807) is 0 Å². The number of hydrogen-bond acceptors (Lipinski definition) is 2. The molecule has 1 heterocycles. The zero-order valence-corrected chi connectivity index (χ0v) is 19.8. The third-order valence-corrected chi connectivity index (χ3v) is 5.09. The maximum atomic E-state index is 11.6. The molecular weight excluding hydrogens is 498 g/mol. The Kier molecular flexibility index (Phi) is 11.4. The van der Waals surface area contributed by atoms with Crippen LogP contribution in [0.4, 0.5) is 0 Å². The van der Waals surface area contributed by atoms with E-state index in [4.69, 9.17) is 23.2 Å². The third-order valence-electron chi connectivity index (χ3n) is 4.43. The van der Waals surface area contributed by atoms with Gasteiger partial charge in [0.15, 0.2) is 5.96 Å². The highest BCUT2D eigenvalue weighted by Gasteiger charge is 2.19. The molecule has 1 saturated heterocycles. The summed E-state index contributed by atoms with van der Waals surface area (Å²) < 4.78 is 0. The second kappa shape index (κ2) is 12.7. The molecule has 1 aromatic carbocycles. The highest BCUT2D eigenvalue weighted by Crippen LogP contribution is 2.31. The van der Waals surface area contributed by atoms with Crippen molar-refractivity contribution in [1.82, 2.24) is 15.5 Å². The number of likely N-dealkylation sites (tertiary alicyclic amines) is 1. The summed E-state index contributed by atoms with van der Waals surface area (Å²) >= 11 is 12.6. The molecule has 5 nitrogen and oxygen atoms in total. The van der Waals surface area contributed by atoms with Crippen LogP contribution in [0, 0.1) is 0 Å². The molecule has 0 saturated carbocycles. The van der Waals surface area contributed by atoms with E-state index in [1.807, 2.05) is 30.0 Å². The van der Waals surface area contributed by atoms with Gasteiger partial charge in [0.25, 0.3) is 0 Å². The van der Waals surface area contributed by atoms with Gasteiger partial charge < -0.3 is 15.5 Å². The average Bonchev–Trinajstić information content (AvgIpc) is 3.01. The average molecular weight is 527 g/mol. The monoisotopic (exact) mass is 526 g/mol. The van der Waals surface area contributed by atoms with Crippen molar-refractivity contribution in [3.8, 4) is 0 Å². The van der Waals surface area contributed by atoms with Crippen LogP contribution in [0.25, 0.3) is 0 Å². The Morgan fingerprint density at radius 1 is 1.30 bits per heavy atom. The highest BCUT2D eigenvalue weighted by atomic mass is 127. The van der Waals surface area contributed by atoms with Gasteiger partial charge in [0, 0.05) is 55.1 Å². The fourth-order valence-electron chi connectivity index (χ4n) is 3.06. The lowest BCUT2D eigenvalue weighted by atomic mass is 10.0. The van der Waals surface area contributed by atoms with Crippen LogP contribution in [-0.2, 0) is 4.79 Å². The number of amides is 1. The Morgan fingerprint density at radius 2 is 2.00 bits per heavy atom. The van der Waals surface area contributed by atoms with Crippen molar-refractivity contribution in [3.05, 3.63) is 33.8 Å². The molecule has 1 aliphatic rings. The Balaban J connectivity index is 0.00000364. The second-order valence-electron chi connectivity index (χ2n) is 6.52. The molecule has 1 aromatic rings. The van der Waals surface area contributed by atoms with Gasteiger partial charge in [0.05, 0.1) is 0 Å². The summed E-state index contributed by atoms with van der Waals surface area (Å²) in [6.07, 6.45) is 2.58. The molecule has 152 valence electrons. The minimum atomic E-state index is 0. The molecule has 0 aromatic heterocycles. The Morgan fingerprint density at radius 3 is 2.59 bits per heavy atom. The maximum Gasteiger partial charge on any atom is 0.222 e. The van der Waals surface area contributed by atoms with Crippen LogP contribution in [0.15, 0.2) is 23.2 Å². The zero-order valence-electron chi connectivity index (χ0n) is 15.9. The third kappa shape index (κ3) is 7.66. The largest absolute Gasteiger partial charge is 0.357 e. The highest BCUT2D eigenvalue weighted by molar-refractivity contribution is 14.0. The molecule has 0 bridgehead atoms. The van der Waals surface area contributed by atoms with E-state index in [1.165, 1.54) is 0 Å². The van der Waals surface area contributed by atoms with Crippen LogP contribution in [-0.4, -0.2) is 49.5 Å². The van der Waals surface area contributed by atoms with Gasteiger partial charge in [0.1, 0.15) is 0 Å². The van der Waals surface area contributed by atoms with E-state index in [0.717, 1.165) is 50.5 Å². The normalized spacial score (nSPS) is 15.5. The molecule has 1 fully saturated rings. The number of halogens is 3. The van der Waals surface area contributed by atoms with Gasteiger partial charge in [-0.3, -0.25) is 9.79 Å². The van der Waals surface area contributed by atoms with Crippen molar-refractivity contribution in [2.75, 3.05) is 32.7 Å². The molecule has 8 heteroatoms. The SMILES string of the molecule is CCNC(=NCC(C)c1c(Cl)cccc1Cl)NCCCN1CCCC1=O.I. The van der Waals surface area contributed by atoms with Crippen molar-refractivity contribution >= 4 is 59.0 Å². The van der Waals surface area contributed by atoms with Crippen molar-refractivity contribution < 1.29 is 4.79 Å². The minimum Gasteiger partial charge on any atom is -0.357 e. The fraction of sp³-hybridized carbons (Fsp3) is 0.579. The molecule has 1 unspecified atom stereocenters. The quantitative estimate of drug-likeness (QED) is 0.230. The molecule has 27 heavy (non-hydrogen) atoms. The Labute approximate surface area is 189 Å². The first-order chi connectivity index (χ1) is 12.5. The van der Waals surface area contributed by atoms with Gasteiger partial charge >= 0.3 is 0 Å². The summed E-state index contributed by atoms with van der Waals surface area (Å²) in [7, 11) is 0. The molecule has 0 radical (unpaired) electrons. The predicted molar refractivity (Wildman–Crippen MR) is 125 cm³/mol. The van der Waals surface area contributed by atoms with Crippen LogP contribution < -0.4 is 10.6 Å². The van der Waals surface area contributed by atoms with Gasteiger partial charge in [-0.25, -0.2) is 0 Å². The topological polar surface area (TPSA) is 56.7 Å². The summed E-state index contributed by atoms with van der Waals surface area (Å²) in [6.45, 7) is 7.95. The standard InChI is InChI=1S/C19H28Cl2N4O.HI/c1-3-22-19(23-10-6-12-25-11-5-9-17(25)26)24-13-14(2)18-15(20)7-4-8-16(18)21;/h4,7-8,14H,3,5-6,9-13H2,1-2H3,(H2,22,23,24);1H. The molecule has 0 aliphatic carbocycles. The number of aliphatic imine (C=N–C) groups is 1. The first-order valence-corrected chi connectivity index (χ1v) is 10.0. The predicted octanol–water partition coefficient (Wildman–Crippen LogP) is 4.28. The number of guanidine groups is 1. The van der Waals surface area contributed by atoms with Crippen molar-refractivity contribution in [2.45, 2.75) is 39.0 Å². The van der Waals surface area contributed by atoms with Crippen LogP contribution in [0.2, 0.25) is 10.0 Å². The molecule has 2 rings (SSSR count). The van der Waals surface area contributed by atoms with Gasteiger partial charge in [-0.2, -0.15) is 0 Å². The zero-order chi connectivity index (χ0) is 18.9. The smallest absolute Gasteiger partial charge is 0.222 e. The number of carbonyl (C=O) groups is 1. The van der Waals surface area contributed by atoms with Crippen molar-refractivity contribution in [2.24, 2.45) is 4.99 Å². The summed E-state index contributed by atoms with van der Waals surface area (Å²) in [5, 5.41) is 7.93. The lowest BCUT2D eigenvalue weighted by Gasteiger charge is -2.17. The van der Waals surface area contributed by atoms with Crippen molar-refractivity contribution in [3.63, 3.8) is 0 Å². The number of hydrogen-bond donors (Lipinski definition) is 2. The molecule has 1 amide bonds. The first-order valence-electron chi connectivity index (χ1n) is 9.26. The van der Waals surface area contributed by atoms with E-state index in [-0.39, 0.29) is 35.8 Å². The molecule has 1 aliphatic heterocycles. The van der Waals surface area contributed by atoms with E-state index >= 15 is 0 Å². The minimum absolute atomic E-state index is 0. The van der Waals surface area contributed by atoms with Crippen LogP contribution >= 0.6 is 47.2 Å². The molecular formula is C19H29Cl2IN4O. The van der Waals surface area contributed by atoms with Gasteiger partial charge in [-0.15, -0.1) is 24.0 Å². The number of rotatable bonds is 8. The lowest BCUT2D eigenvalue weighted by molar-refractivity contribution is -0.127. The first kappa shape index (κ1) is 24.3. The summed E-state index contributed by atoms with van der Waals surface area (Å²) in [6, 6.07) is 5.55. The maximum absolute atomic E-state index is 11.6. The summed E-state index contributed by atoms with van der Waals surface area (Å²) in [5.74, 6) is 1.17. The number of benzene rings is 1. The Hall–Kier alpha value is -0.730. The number of nitrogens with zero attached hydrogens (tertiary/aromatic N) is 2. The van der Waals surface area contributed by atoms with E-state index in [9.17, 15) is 4.79 Å². The van der Waals surface area contributed by atoms with Crippen LogP contribution in [0.5, 0.6) is 0 Å². The molecule has 2 N–H and O–H groups in total. The van der Waals surface area contributed by atoms with Crippen LogP contribution in [0.3, 0.4) is 0 Å². The van der Waals surface area contributed by atoms with Crippen LogP contribution in [0.1, 0.15) is 44.6 Å². The lowest BCUT2D eigenvalue weighted by Crippen LogP contribution is -2.39. The fourth-order valence-corrected chi connectivity index (χ4v) is 3.83. The van der Waals surface area contributed by atoms with Gasteiger partial charge in [0.2, 0.25) is 5.91 Å².